The molecule has 1 aliphatic rings. The third-order valence-electron chi connectivity index (χ3n) is 3.19. The number of hydrogen-bond donors (Lipinski definition) is 1. The van der Waals surface area contributed by atoms with Crippen LogP contribution < -0.4 is 10.2 Å². The Balaban J connectivity index is 2.08. The molecule has 100 valence electrons. The Bertz CT molecular complexity index is 397. The second-order valence-corrected chi connectivity index (χ2v) is 4.74. The Morgan fingerprint density at radius 2 is 2.33 bits per heavy atom. The molecule has 2 rings (SSSR count). The van der Waals surface area contributed by atoms with E-state index in [4.69, 9.17) is 4.74 Å². The van der Waals surface area contributed by atoms with E-state index < -0.39 is 0 Å². The highest BCUT2D eigenvalue weighted by atomic mass is 16.5. The van der Waals surface area contributed by atoms with Crippen LogP contribution in [0.15, 0.2) is 6.07 Å². The summed E-state index contributed by atoms with van der Waals surface area (Å²) >= 11 is 0. The SMILES string of the molecule is CCNc1cc(N2CCC(COC)C2)nc(C)n1. The van der Waals surface area contributed by atoms with Gasteiger partial charge in [0.1, 0.15) is 17.5 Å². The van der Waals surface area contributed by atoms with Crippen molar-refractivity contribution in [2.75, 3.05) is 43.6 Å². The van der Waals surface area contributed by atoms with Crippen molar-refractivity contribution in [2.24, 2.45) is 5.92 Å². The molecule has 0 amide bonds. The summed E-state index contributed by atoms with van der Waals surface area (Å²) in [6.07, 6.45) is 1.17. The van der Waals surface area contributed by atoms with Crippen molar-refractivity contribution in [3.05, 3.63) is 11.9 Å². The first kappa shape index (κ1) is 13.1. The first-order valence-electron chi connectivity index (χ1n) is 6.56. The van der Waals surface area contributed by atoms with Crippen LogP contribution in [0.3, 0.4) is 0 Å². The minimum Gasteiger partial charge on any atom is -0.384 e. The van der Waals surface area contributed by atoms with Gasteiger partial charge in [-0.1, -0.05) is 0 Å². The predicted molar refractivity (Wildman–Crippen MR) is 73.1 cm³/mol. The number of anilines is 2. The Morgan fingerprint density at radius 1 is 1.50 bits per heavy atom. The summed E-state index contributed by atoms with van der Waals surface area (Å²) in [6, 6.07) is 2.03. The molecule has 1 aromatic heterocycles. The molecular formula is C13H22N4O. The van der Waals surface area contributed by atoms with Crippen LogP contribution in [-0.2, 0) is 4.74 Å². The van der Waals surface area contributed by atoms with E-state index in [-0.39, 0.29) is 0 Å². The molecule has 0 spiro atoms. The van der Waals surface area contributed by atoms with Gasteiger partial charge in [0, 0.05) is 38.7 Å². The first-order valence-corrected chi connectivity index (χ1v) is 6.56. The van der Waals surface area contributed by atoms with Crippen LogP contribution in [0.2, 0.25) is 0 Å². The van der Waals surface area contributed by atoms with E-state index in [1.807, 2.05) is 13.0 Å². The van der Waals surface area contributed by atoms with Crippen molar-refractivity contribution in [3.63, 3.8) is 0 Å². The normalized spacial score (nSPS) is 19.3. The lowest BCUT2D eigenvalue weighted by atomic mass is 10.1. The van der Waals surface area contributed by atoms with Crippen molar-refractivity contribution >= 4 is 11.6 Å². The third-order valence-corrected chi connectivity index (χ3v) is 3.19. The van der Waals surface area contributed by atoms with Gasteiger partial charge in [0.15, 0.2) is 0 Å². The number of hydrogen-bond acceptors (Lipinski definition) is 5. The zero-order valence-electron chi connectivity index (χ0n) is 11.4. The molecule has 1 aromatic rings. The lowest BCUT2D eigenvalue weighted by Gasteiger charge is -2.18. The molecule has 1 fully saturated rings. The zero-order valence-corrected chi connectivity index (χ0v) is 11.4. The quantitative estimate of drug-likeness (QED) is 0.862. The zero-order chi connectivity index (χ0) is 13.0. The van der Waals surface area contributed by atoms with Crippen molar-refractivity contribution in [1.29, 1.82) is 0 Å². The van der Waals surface area contributed by atoms with Crippen molar-refractivity contribution in [1.82, 2.24) is 9.97 Å². The van der Waals surface area contributed by atoms with E-state index >= 15 is 0 Å². The second-order valence-electron chi connectivity index (χ2n) is 4.74. The fraction of sp³-hybridized carbons (Fsp3) is 0.692. The van der Waals surface area contributed by atoms with E-state index in [9.17, 15) is 0 Å². The molecule has 5 heteroatoms. The predicted octanol–water partition coefficient (Wildman–Crippen LogP) is 1.69. The van der Waals surface area contributed by atoms with Gasteiger partial charge in [0.2, 0.25) is 0 Å². The van der Waals surface area contributed by atoms with Gasteiger partial charge in [-0.15, -0.1) is 0 Å². The van der Waals surface area contributed by atoms with Gasteiger partial charge in [-0.05, 0) is 20.3 Å². The monoisotopic (exact) mass is 250 g/mol. The molecule has 1 unspecified atom stereocenters. The Morgan fingerprint density at radius 3 is 3.06 bits per heavy atom. The van der Waals surface area contributed by atoms with Crippen LogP contribution in [0.5, 0.6) is 0 Å². The van der Waals surface area contributed by atoms with Crippen LogP contribution in [0.1, 0.15) is 19.2 Å². The van der Waals surface area contributed by atoms with Gasteiger partial charge in [-0.25, -0.2) is 9.97 Å². The van der Waals surface area contributed by atoms with E-state index in [2.05, 4.69) is 27.1 Å². The smallest absolute Gasteiger partial charge is 0.134 e. The number of aromatic nitrogens is 2. The summed E-state index contributed by atoms with van der Waals surface area (Å²) < 4.78 is 5.22. The van der Waals surface area contributed by atoms with Crippen LogP contribution in [0, 0.1) is 12.8 Å². The highest BCUT2D eigenvalue weighted by Gasteiger charge is 2.23. The van der Waals surface area contributed by atoms with E-state index in [1.54, 1.807) is 7.11 Å². The summed E-state index contributed by atoms with van der Waals surface area (Å²) in [5.74, 6) is 3.37. The number of nitrogens with zero attached hydrogens (tertiary/aromatic N) is 3. The number of rotatable bonds is 5. The van der Waals surface area contributed by atoms with Gasteiger partial charge >= 0.3 is 0 Å². The Hall–Kier alpha value is -1.36. The summed E-state index contributed by atoms with van der Waals surface area (Å²) in [4.78, 5) is 11.2. The maximum absolute atomic E-state index is 5.22. The van der Waals surface area contributed by atoms with Crippen LogP contribution in [0.25, 0.3) is 0 Å². The average molecular weight is 250 g/mol. The fourth-order valence-corrected chi connectivity index (χ4v) is 2.40. The maximum atomic E-state index is 5.22. The highest BCUT2D eigenvalue weighted by molar-refractivity contribution is 5.50. The topological polar surface area (TPSA) is 50.3 Å². The van der Waals surface area contributed by atoms with Crippen LogP contribution >= 0.6 is 0 Å². The fourth-order valence-electron chi connectivity index (χ4n) is 2.40. The minimum absolute atomic E-state index is 0.618. The molecule has 0 saturated carbocycles. The van der Waals surface area contributed by atoms with Crippen LogP contribution in [0.4, 0.5) is 11.6 Å². The molecule has 1 atom stereocenters. The number of aryl methyl sites for hydroxylation is 1. The molecule has 0 aromatic carbocycles. The number of ether oxygens (including phenoxy) is 1. The molecule has 2 heterocycles. The Kier molecular flexibility index (Phi) is 4.36. The summed E-state index contributed by atoms with van der Waals surface area (Å²) in [5.41, 5.74) is 0. The Labute approximate surface area is 109 Å². The summed E-state index contributed by atoms with van der Waals surface area (Å²) in [7, 11) is 1.76. The molecule has 5 nitrogen and oxygen atoms in total. The molecule has 1 saturated heterocycles. The summed E-state index contributed by atoms with van der Waals surface area (Å²) in [6.45, 7) is 7.80. The van der Waals surface area contributed by atoms with Crippen LogP contribution in [-0.4, -0.2) is 43.3 Å². The second kappa shape index (κ2) is 6.00. The lowest BCUT2D eigenvalue weighted by Crippen LogP contribution is -2.22. The van der Waals surface area contributed by atoms with Gasteiger partial charge < -0.3 is 15.0 Å². The number of methoxy groups -OCH3 is 1. The molecule has 1 aliphatic heterocycles. The molecular weight excluding hydrogens is 228 g/mol. The molecule has 0 aliphatic carbocycles. The van der Waals surface area contributed by atoms with Gasteiger partial charge in [0.05, 0.1) is 6.61 Å². The largest absolute Gasteiger partial charge is 0.384 e. The highest BCUT2D eigenvalue weighted by Crippen LogP contribution is 2.24. The first-order chi connectivity index (χ1) is 8.72. The standard InChI is InChI=1S/C13H22N4O/c1-4-14-12-7-13(16-10(2)15-12)17-6-5-11(8-17)9-18-3/h7,11H,4-6,8-9H2,1-3H3,(H,14,15,16). The van der Waals surface area contributed by atoms with E-state index in [0.717, 1.165) is 43.7 Å². The molecule has 18 heavy (non-hydrogen) atoms. The third kappa shape index (κ3) is 3.10. The van der Waals surface area contributed by atoms with Gasteiger partial charge in [0.25, 0.3) is 0 Å². The van der Waals surface area contributed by atoms with E-state index in [0.29, 0.717) is 5.92 Å². The van der Waals surface area contributed by atoms with Gasteiger partial charge in [-0.2, -0.15) is 0 Å². The maximum Gasteiger partial charge on any atom is 0.134 e. The molecule has 0 radical (unpaired) electrons. The van der Waals surface area contributed by atoms with Crippen molar-refractivity contribution < 1.29 is 4.74 Å². The molecule has 0 bridgehead atoms. The summed E-state index contributed by atoms with van der Waals surface area (Å²) in [5, 5.41) is 3.25. The van der Waals surface area contributed by atoms with Gasteiger partial charge in [-0.3, -0.25) is 0 Å². The minimum atomic E-state index is 0.618. The van der Waals surface area contributed by atoms with Crippen molar-refractivity contribution in [3.8, 4) is 0 Å². The van der Waals surface area contributed by atoms with E-state index in [1.165, 1.54) is 6.42 Å². The van der Waals surface area contributed by atoms with Crippen molar-refractivity contribution in [2.45, 2.75) is 20.3 Å². The number of nitrogens with one attached hydrogen (secondary N) is 1. The average Bonchev–Trinajstić information content (AvgIpc) is 2.78. The molecule has 1 N–H and O–H groups in total. The lowest BCUT2D eigenvalue weighted by molar-refractivity contribution is 0.161.